The molecule has 0 fully saturated rings. The number of aryl methyl sites for hydroxylation is 1. The maximum atomic E-state index is 6.29. The van der Waals surface area contributed by atoms with Crippen LogP contribution in [0.5, 0.6) is 0 Å². The van der Waals surface area contributed by atoms with E-state index in [1.54, 1.807) is 30.3 Å². The fourth-order valence-corrected chi connectivity index (χ4v) is 3.09. The van der Waals surface area contributed by atoms with Crippen molar-refractivity contribution in [3.8, 4) is 11.1 Å². The Hall–Kier alpha value is -3.74. The van der Waals surface area contributed by atoms with Gasteiger partial charge in [0.05, 0.1) is 18.1 Å². The number of aromatic nitrogens is 4. The minimum Gasteiger partial charge on any atom is -0.398 e. The van der Waals surface area contributed by atoms with E-state index in [0.29, 0.717) is 5.69 Å². The molecule has 1 aromatic carbocycles. The number of hydrogen-bond acceptors (Lipinski definition) is 6. The van der Waals surface area contributed by atoms with Crippen molar-refractivity contribution in [2.45, 2.75) is 13.8 Å². The molecule has 7 nitrogen and oxygen atoms in total. The molecule has 4 rings (SSSR count). The van der Waals surface area contributed by atoms with Gasteiger partial charge < -0.3 is 11.1 Å². The first-order valence-corrected chi connectivity index (χ1v) is 8.91. The summed E-state index contributed by atoms with van der Waals surface area (Å²) < 4.78 is 1.71. The molecule has 0 bridgehead atoms. The van der Waals surface area contributed by atoms with E-state index >= 15 is 0 Å². The zero-order chi connectivity index (χ0) is 19.7. The number of hydrogen-bond donors (Lipinski definition) is 2. The van der Waals surface area contributed by atoms with Crippen molar-refractivity contribution in [1.82, 2.24) is 19.7 Å². The predicted molar refractivity (Wildman–Crippen MR) is 114 cm³/mol. The lowest BCUT2D eigenvalue weighted by molar-refractivity contribution is 0.923. The van der Waals surface area contributed by atoms with Gasteiger partial charge in [0.15, 0.2) is 0 Å². The predicted octanol–water partition coefficient (Wildman–Crippen LogP) is 4.02. The molecule has 0 saturated heterocycles. The Morgan fingerprint density at radius 2 is 2.04 bits per heavy atom. The van der Waals surface area contributed by atoms with Crippen LogP contribution in [0, 0.1) is 6.92 Å². The zero-order valence-electron chi connectivity index (χ0n) is 16.0. The standard InChI is InChI=1S/C21H21N7/c1-13-4-5-24-10-18(13)15-6-16-8-21(25-11-19(16)20(22)7-15)27-17-9-26-28(12-17)14(2)23-3/h4-12H,22H2,1-3H3,(H,25,27). The summed E-state index contributed by atoms with van der Waals surface area (Å²) >= 11 is 0. The molecule has 3 N–H and O–H groups in total. The summed E-state index contributed by atoms with van der Waals surface area (Å²) in [4.78, 5) is 12.9. The highest BCUT2D eigenvalue weighted by molar-refractivity contribution is 5.97. The largest absolute Gasteiger partial charge is 0.398 e. The van der Waals surface area contributed by atoms with Crippen molar-refractivity contribution in [3.05, 3.63) is 60.8 Å². The quantitative estimate of drug-likeness (QED) is 0.322. The second kappa shape index (κ2) is 7.11. The van der Waals surface area contributed by atoms with Crippen LogP contribution in [0.3, 0.4) is 0 Å². The van der Waals surface area contributed by atoms with Gasteiger partial charge in [-0.15, -0.1) is 0 Å². The maximum absolute atomic E-state index is 6.29. The summed E-state index contributed by atoms with van der Waals surface area (Å²) in [6.45, 7) is 3.96. The topological polar surface area (TPSA) is 94.0 Å². The smallest absolute Gasteiger partial charge is 0.131 e. The molecule has 4 aromatic rings. The highest BCUT2D eigenvalue weighted by Gasteiger charge is 2.09. The summed E-state index contributed by atoms with van der Waals surface area (Å²) in [6.07, 6.45) is 9.06. The average molecular weight is 371 g/mol. The van der Waals surface area contributed by atoms with Gasteiger partial charge in [0.2, 0.25) is 0 Å². The Morgan fingerprint density at radius 1 is 1.18 bits per heavy atom. The van der Waals surface area contributed by atoms with E-state index in [4.69, 9.17) is 5.73 Å². The highest BCUT2D eigenvalue weighted by Crippen LogP contribution is 2.31. The van der Waals surface area contributed by atoms with E-state index in [0.717, 1.165) is 44.8 Å². The number of nitrogens with zero attached hydrogens (tertiary/aromatic N) is 5. The lowest BCUT2D eigenvalue weighted by Crippen LogP contribution is -2.06. The fraction of sp³-hybridized carbons (Fsp3) is 0.143. The van der Waals surface area contributed by atoms with Gasteiger partial charge in [-0.2, -0.15) is 5.10 Å². The van der Waals surface area contributed by atoms with E-state index in [2.05, 4.69) is 38.4 Å². The molecule has 0 aliphatic carbocycles. The van der Waals surface area contributed by atoms with Crippen molar-refractivity contribution in [3.63, 3.8) is 0 Å². The number of fused-ring (bicyclic) bond motifs is 1. The van der Waals surface area contributed by atoms with Gasteiger partial charge in [0, 0.05) is 42.3 Å². The molecule has 0 saturated carbocycles. The van der Waals surface area contributed by atoms with Gasteiger partial charge in [0.25, 0.3) is 0 Å². The molecule has 0 aliphatic heterocycles. The van der Waals surface area contributed by atoms with Gasteiger partial charge >= 0.3 is 0 Å². The number of nitrogens with two attached hydrogens (primary N) is 1. The number of nitrogens with one attached hydrogen (secondary N) is 1. The number of rotatable bonds is 3. The Morgan fingerprint density at radius 3 is 2.82 bits per heavy atom. The van der Waals surface area contributed by atoms with Crippen LogP contribution in [0.4, 0.5) is 17.2 Å². The van der Waals surface area contributed by atoms with Crippen LogP contribution >= 0.6 is 0 Å². The van der Waals surface area contributed by atoms with Crippen LogP contribution in [0.15, 0.2) is 60.2 Å². The molecule has 3 heterocycles. The second-order valence-corrected chi connectivity index (χ2v) is 6.62. The van der Waals surface area contributed by atoms with Crippen LogP contribution < -0.4 is 11.1 Å². The summed E-state index contributed by atoms with van der Waals surface area (Å²) in [5, 5.41) is 9.50. The van der Waals surface area contributed by atoms with Crippen molar-refractivity contribution in [1.29, 1.82) is 0 Å². The monoisotopic (exact) mass is 371 g/mol. The highest BCUT2D eigenvalue weighted by atomic mass is 15.3. The van der Waals surface area contributed by atoms with Gasteiger partial charge in [-0.3, -0.25) is 9.98 Å². The van der Waals surface area contributed by atoms with E-state index in [1.807, 2.05) is 37.5 Å². The Bertz CT molecular complexity index is 1190. The first-order valence-electron chi connectivity index (χ1n) is 8.91. The molecule has 0 radical (unpaired) electrons. The van der Waals surface area contributed by atoms with E-state index < -0.39 is 0 Å². The molecular formula is C21H21N7. The molecule has 7 heteroatoms. The maximum Gasteiger partial charge on any atom is 0.131 e. The Kier molecular flexibility index (Phi) is 4.49. The molecule has 0 spiro atoms. The molecule has 140 valence electrons. The lowest BCUT2D eigenvalue weighted by Gasteiger charge is -2.10. The zero-order valence-corrected chi connectivity index (χ0v) is 16.0. The number of benzene rings is 1. The minimum atomic E-state index is 0.692. The van der Waals surface area contributed by atoms with Crippen molar-refractivity contribution < 1.29 is 0 Å². The first-order chi connectivity index (χ1) is 13.5. The van der Waals surface area contributed by atoms with Gasteiger partial charge in [-0.25, -0.2) is 9.67 Å². The first kappa shape index (κ1) is 17.7. The Labute approximate surface area is 163 Å². The van der Waals surface area contributed by atoms with Crippen LogP contribution in [0.25, 0.3) is 21.9 Å². The molecule has 0 atom stereocenters. The number of nitrogen functional groups attached to an aromatic ring is 1. The molecule has 0 unspecified atom stereocenters. The SMILES string of the molecule is CN=C(C)n1cc(Nc2cc3cc(-c4cnccc4C)cc(N)c3cn2)cn1. The van der Waals surface area contributed by atoms with Gasteiger partial charge in [-0.1, -0.05) is 0 Å². The molecule has 0 aliphatic rings. The third-order valence-corrected chi connectivity index (χ3v) is 4.73. The third kappa shape index (κ3) is 3.29. The third-order valence-electron chi connectivity index (χ3n) is 4.73. The molecule has 0 amide bonds. The summed E-state index contributed by atoms with van der Waals surface area (Å²) in [5.41, 5.74) is 11.1. The molecule has 3 aromatic heterocycles. The van der Waals surface area contributed by atoms with Crippen molar-refractivity contribution >= 4 is 33.8 Å². The van der Waals surface area contributed by atoms with Crippen LogP contribution in [-0.4, -0.2) is 32.6 Å². The van der Waals surface area contributed by atoms with E-state index in [1.165, 1.54) is 0 Å². The molecular weight excluding hydrogens is 350 g/mol. The normalized spacial score (nSPS) is 11.8. The minimum absolute atomic E-state index is 0.692. The number of aliphatic imine (C=N–C) groups is 1. The van der Waals surface area contributed by atoms with Crippen LogP contribution in [-0.2, 0) is 0 Å². The van der Waals surface area contributed by atoms with Crippen molar-refractivity contribution in [2.75, 3.05) is 18.1 Å². The number of pyridine rings is 2. The van der Waals surface area contributed by atoms with Gasteiger partial charge in [-0.05, 0) is 54.6 Å². The van der Waals surface area contributed by atoms with E-state index in [9.17, 15) is 0 Å². The molecule has 28 heavy (non-hydrogen) atoms. The van der Waals surface area contributed by atoms with Crippen LogP contribution in [0.1, 0.15) is 12.5 Å². The van der Waals surface area contributed by atoms with Crippen LogP contribution in [0.2, 0.25) is 0 Å². The summed E-state index contributed by atoms with van der Waals surface area (Å²) in [5.74, 6) is 1.53. The average Bonchev–Trinajstić information content (AvgIpc) is 3.16. The summed E-state index contributed by atoms with van der Waals surface area (Å²) in [7, 11) is 1.74. The number of anilines is 3. The lowest BCUT2D eigenvalue weighted by atomic mass is 9.99. The van der Waals surface area contributed by atoms with Gasteiger partial charge in [0.1, 0.15) is 11.7 Å². The van der Waals surface area contributed by atoms with E-state index in [-0.39, 0.29) is 0 Å². The fourth-order valence-electron chi connectivity index (χ4n) is 3.09. The summed E-state index contributed by atoms with van der Waals surface area (Å²) in [6, 6.07) is 8.06. The second-order valence-electron chi connectivity index (χ2n) is 6.62. The Balaban J connectivity index is 1.72. The van der Waals surface area contributed by atoms with Crippen molar-refractivity contribution in [2.24, 2.45) is 4.99 Å².